The monoisotopic (exact) mass is 971 g/mol. The van der Waals surface area contributed by atoms with E-state index in [2.05, 4.69) is 20.4 Å². The van der Waals surface area contributed by atoms with E-state index in [9.17, 15) is 39.6 Å². The largest absolute Gasteiger partial charge is 0.481 e. The maximum Gasteiger partial charge on any atom is 0.309 e. The van der Waals surface area contributed by atoms with Gasteiger partial charge in [-0.05, 0) is 188 Å². The Labute approximate surface area is 413 Å². The molecule has 10 fully saturated rings. The first kappa shape index (κ1) is 50.2. The highest BCUT2D eigenvalue weighted by Gasteiger charge is 2.56. The van der Waals surface area contributed by atoms with Crippen molar-refractivity contribution in [1.29, 1.82) is 0 Å². The molecule has 6 N–H and O–H groups in total. The van der Waals surface area contributed by atoms with Crippen molar-refractivity contribution in [3.05, 3.63) is 35.4 Å². The second-order valence-corrected chi connectivity index (χ2v) is 23.5. The topological polar surface area (TPSA) is 224 Å². The standard InChI is InChI=1S/C28H41N3O5.C26H37N3O5/c1-4-10-36-25-21(24(32)30-23-18-11-17-12-19(23)15-28(35,13-17)14-18)7-8-22(29-25)31-9-5-6-20(16-31)27(2,3)26(33)34;1-2-8-34-25-20(5-6-21(27-25)29-7-3-4-16(15-29)11-22(30)31)24(32)28-23-18-9-17-10-19(23)14-26(33,12-17)13-18/h7-8,17-20,23,35H,4-6,9-16H2,1-3H3,(H,30,32)(H,33,34);5-6,16-19,23,33H,2-4,7-15H2,1H3,(H,28,32)(H,30,31)/t17?,18?,19?,20?,23-,28+;16-,17?,18?,19?,23-,26+/m.0/s1. The second kappa shape index (κ2) is 20.4. The lowest BCUT2D eigenvalue weighted by atomic mass is 9.52. The molecule has 384 valence electrons. The van der Waals surface area contributed by atoms with Gasteiger partial charge in [-0.25, -0.2) is 0 Å². The van der Waals surface area contributed by atoms with Gasteiger partial charge in [0.2, 0.25) is 11.8 Å². The molecule has 16 nitrogen and oxygen atoms in total. The third-order valence-electron chi connectivity index (χ3n) is 17.8. The summed E-state index contributed by atoms with van der Waals surface area (Å²) in [6, 6.07) is 7.52. The van der Waals surface area contributed by atoms with Gasteiger partial charge in [0, 0.05) is 44.7 Å². The van der Waals surface area contributed by atoms with E-state index in [0.717, 1.165) is 127 Å². The van der Waals surface area contributed by atoms with Gasteiger partial charge in [0.1, 0.15) is 22.8 Å². The zero-order valence-electron chi connectivity index (χ0n) is 41.9. The number of carboxylic acids is 2. The Morgan fingerprint density at radius 3 is 1.53 bits per heavy atom. The van der Waals surface area contributed by atoms with Crippen LogP contribution >= 0.6 is 0 Å². The van der Waals surface area contributed by atoms with Gasteiger partial charge in [-0.15, -0.1) is 0 Å². The number of aliphatic carboxylic acids is 2. The molecule has 2 saturated heterocycles. The SMILES string of the molecule is CCCOc1nc(N2CCCC(C(C)(C)C(=O)O)C2)ccc1C(=O)N[C@H]1C2CC3CC1C[C@@](O)(C3)C2.CCCOc1nc(N2CCC[C@@H](CC(=O)O)C2)ccc1C(=O)N[C@H]1C2CC3CC1C[C@@](O)(C3)C2. The normalized spacial score (nSPS) is 33.8. The first-order valence-corrected chi connectivity index (χ1v) is 26.7. The molecule has 0 radical (unpaired) electrons. The number of ether oxygens (including phenoxy) is 2. The summed E-state index contributed by atoms with van der Waals surface area (Å²) < 4.78 is 11.9. The zero-order chi connectivity index (χ0) is 49.5. The van der Waals surface area contributed by atoms with Crippen molar-refractivity contribution in [2.45, 2.75) is 160 Å². The van der Waals surface area contributed by atoms with Gasteiger partial charge < -0.3 is 50.3 Å². The van der Waals surface area contributed by atoms with Gasteiger partial charge >= 0.3 is 11.9 Å². The van der Waals surface area contributed by atoms with Gasteiger partial charge in [-0.2, -0.15) is 9.97 Å². The number of amides is 2. The lowest BCUT2D eigenvalue weighted by Gasteiger charge is -2.58. The van der Waals surface area contributed by atoms with Gasteiger partial charge in [-0.1, -0.05) is 13.8 Å². The minimum Gasteiger partial charge on any atom is -0.481 e. The summed E-state index contributed by atoms with van der Waals surface area (Å²) in [5, 5.41) is 47.2. The summed E-state index contributed by atoms with van der Waals surface area (Å²) in [6.07, 6.45) is 14.7. The van der Waals surface area contributed by atoms with E-state index >= 15 is 0 Å². The smallest absolute Gasteiger partial charge is 0.309 e. The lowest BCUT2D eigenvalue weighted by molar-refractivity contribution is -0.150. The molecule has 12 rings (SSSR count). The third-order valence-corrected chi connectivity index (χ3v) is 17.8. The first-order valence-electron chi connectivity index (χ1n) is 26.7. The summed E-state index contributed by atoms with van der Waals surface area (Å²) >= 11 is 0. The third kappa shape index (κ3) is 10.7. The highest BCUT2D eigenvalue weighted by atomic mass is 16.5. The molecule has 6 atom stereocenters. The van der Waals surface area contributed by atoms with E-state index in [1.807, 2.05) is 26.0 Å². The summed E-state index contributed by atoms with van der Waals surface area (Å²) in [7, 11) is 0. The molecule has 5 unspecified atom stereocenters. The second-order valence-electron chi connectivity index (χ2n) is 23.5. The molecule has 4 heterocycles. The van der Waals surface area contributed by atoms with Crippen molar-refractivity contribution >= 4 is 35.4 Å². The van der Waals surface area contributed by atoms with Gasteiger partial charge in [0.15, 0.2) is 0 Å². The minimum atomic E-state index is -0.814. The Kier molecular flexibility index (Phi) is 14.7. The number of carbonyl (C=O) groups excluding carboxylic acids is 2. The van der Waals surface area contributed by atoms with Crippen LogP contribution in [0.15, 0.2) is 24.3 Å². The van der Waals surface area contributed by atoms with Crippen LogP contribution in [0, 0.1) is 52.8 Å². The van der Waals surface area contributed by atoms with Crippen LogP contribution in [0.5, 0.6) is 11.8 Å². The average Bonchev–Trinajstić information content (AvgIpc) is 3.31. The number of nitrogens with zero attached hydrogens (tertiary/aromatic N) is 4. The number of hydrogen-bond donors (Lipinski definition) is 6. The van der Waals surface area contributed by atoms with Gasteiger partial charge in [0.05, 0.1) is 29.8 Å². The van der Waals surface area contributed by atoms with Crippen LogP contribution in [0.2, 0.25) is 0 Å². The zero-order valence-corrected chi connectivity index (χ0v) is 41.9. The number of pyridine rings is 2. The van der Waals surface area contributed by atoms with Crippen molar-refractivity contribution in [3.63, 3.8) is 0 Å². The fraction of sp³-hybridized carbons (Fsp3) is 0.741. The van der Waals surface area contributed by atoms with Crippen LogP contribution in [0.4, 0.5) is 11.6 Å². The quantitative estimate of drug-likeness (QED) is 0.0988. The number of rotatable bonds is 16. The van der Waals surface area contributed by atoms with Gasteiger partial charge in [0.25, 0.3) is 11.8 Å². The lowest BCUT2D eigenvalue weighted by Crippen LogP contribution is -2.61. The van der Waals surface area contributed by atoms with E-state index in [0.29, 0.717) is 84.7 Å². The fourth-order valence-electron chi connectivity index (χ4n) is 14.7. The van der Waals surface area contributed by atoms with Crippen molar-refractivity contribution in [2.75, 3.05) is 49.2 Å². The number of piperidine rings is 2. The Hall–Kier alpha value is -4.70. The fourth-order valence-corrected chi connectivity index (χ4v) is 14.7. The van der Waals surface area contributed by atoms with E-state index in [-0.39, 0.29) is 42.2 Å². The van der Waals surface area contributed by atoms with E-state index in [1.54, 1.807) is 26.0 Å². The highest BCUT2D eigenvalue weighted by Crippen LogP contribution is 2.57. The highest BCUT2D eigenvalue weighted by molar-refractivity contribution is 5.97. The van der Waals surface area contributed by atoms with Crippen LogP contribution in [0.25, 0.3) is 0 Å². The van der Waals surface area contributed by atoms with Crippen LogP contribution < -0.4 is 29.9 Å². The maximum absolute atomic E-state index is 13.5. The van der Waals surface area contributed by atoms with Crippen molar-refractivity contribution < 1.29 is 49.1 Å². The molecule has 2 aromatic heterocycles. The van der Waals surface area contributed by atoms with E-state index < -0.39 is 28.6 Å². The molecule has 8 bridgehead atoms. The summed E-state index contributed by atoms with van der Waals surface area (Å²) in [5.41, 5.74) is -0.976. The molecule has 2 aliphatic heterocycles. The van der Waals surface area contributed by atoms with Crippen molar-refractivity contribution in [2.24, 2.45) is 52.8 Å². The summed E-state index contributed by atoms with van der Waals surface area (Å²) in [6.45, 7) is 11.4. The Morgan fingerprint density at radius 2 is 1.11 bits per heavy atom. The Morgan fingerprint density at radius 1 is 0.671 bits per heavy atom. The number of aliphatic hydroxyl groups is 2. The number of carboxylic acid groups (broad SMARTS) is 2. The summed E-state index contributed by atoms with van der Waals surface area (Å²) in [4.78, 5) is 63.6. The molecular formula is C54H78N6O10. The predicted octanol–water partition coefficient (Wildman–Crippen LogP) is 7.10. The number of hydrogen-bond acceptors (Lipinski definition) is 12. The molecule has 16 heteroatoms. The molecule has 8 saturated carbocycles. The summed E-state index contributed by atoms with van der Waals surface area (Å²) in [5.74, 6) is 2.92. The molecule has 2 aromatic rings. The molecule has 8 aliphatic carbocycles. The van der Waals surface area contributed by atoms with E-state index in [1.165, 1.54) is 0 Å². The number of aromatic nitrogens is 2. The predicted molar refractivity (Wildman–Crippen MR) is 263 cm³/mol. The molecule has 10 aliphatic rings. The molecule has 70 heavy (non-hydrogen) atoms. The van der Waals surface area contributed by atoms with E-state index in [4.69, 9.17) is 19.4 Å². The molecule has 0 aromatic carbocycles. The molecular weight excluding hydrogens is 893 g/mol. The van der Waals surface area contributed by atoms with Crippen LogP contribution in [0.1, 0.15) is 158 Å². The minimum absolute atomic E-state index is 0.0141. The Bertz CT molecular complexity index is 2220. The maximum atomic E-state index is 13.5. The first-order chi connectivity index (χ1) is 33.4. The van der Waals surface area contributed by atoms with Crippen LogP contribution in [-0.2, 0) is 9.59 Å². The van der Waals surface area contributed by atoms with Gasteiger partial charge in [-0.3, -0.25) is 19.2 Å². The van der Waals surface area contributed by atoms with Crippen LogP contribution in [-0.4, -0.2) is 117 Å². The number of anilines is 2. The number of nitrogens with one attached hydrogen (secondary N) is 2. The average molecular weight is 971 g/mol. The number of carbonyl (C=O) groups is 4. The Balaban J connectivity index is 0.000000174. The van der Waals surface area contributed by atoms with Crippen molar-refractivity contribution in [1.82, 2.24) is 20.6 Å². The molecule has 0 spiro atoms. The molecule has 2 amide bonds. The van der Waals surface area contributed by atoms with Crippen LogP contribution in [0.3, 0.4) is 0 Å². The van der Waals surface area contributed by atoms with Crippen molar-refractivity contribution in [3.8, 4) is 11.8 Å².